The van der Waals surface area contributed by atoms with E-state index in [0.29, 0.717) is 6.79 Å². The van der Waals surface area contributed by atoms with Crippen LogP contribution in [0.4, 0.5) is 0 Å². The summed E-state index contributed by atoms with van der Waals surface area (Å²) in [6.07, 6.45) is 5.26. The van der Waals surface area contributed by atoms with E-state index in [1.807, 2.05) is 6.08 Å². The molecule has 0 rings (SSSR count). The molecule has 0 saturated heterocycles. The van der Waals surface area contributed by atoms with Gasteiger partial charge >= 0.3 is 0 Å². The molecule has 0 spiro atoms. The van der Waals surface area contributed by atoms with Gasteiger partial charge in [0.05, 0.1) is 0 Å². The van der Waals surface area contributed by atoms with Gasteiger partial charge in [0.25, 0.3) is 0 Å². The van der Waals surface area contributed by atoms with Crippen LogP contribution in [0.1, 0.15) is 19.3 Å². The average Bonchev–Trinajstić information content (AvgIpc) is 1.97. The van der Waals surface area contributed by atoms with Gasteiger partial charge in [0.2, 0.25) is 0 Å². The first-order chi connectivity index (χ1) is 4.91. The summed E-state index contributed by atoms with van der Waals surface area (Å²) in [5.74, 6) is 0. The predicted molar refractivity (Wildman–Crippen MR) is 41.9 cm³/mol. The van der Waals surface area contributed by atoms with Crippen LogP contribution < -0.4 is 0 Å². The maximum atomic E-state index is 5.07. The van der Waals surface area contributed by atoms with Crippen molar-refractivity contribution in [2.45, 2.75) is 19.3 Å². The second-order valence-electron chi connectivity index (χ2n) is 2.10. The fraction of sp³-hybridized carbons (Fsp3) is 0.750. The molecule has 0 bridgehead atoms. The van der Waals surface area contributed by atoms with E-state index in [1.54, 1.807) is 7.11 Å². The molecule has 0 aromatic carbocycles. The van der Waals surface area contributed by atoms with Crippen molar-refractivity contribution in [2.75, 3.05) is 20.5 Å². The second-order valence-corrected chi connectivity index (χ2v) is 2.10. The van der Waals surface area contributed by atoms with E-state index in [2.05, 4.69) is 6.58 Å². The van der Waals surface area contributed by atoms with E-state index >= 15 is 0 Å². The smallest absolute Gasteiger partial charge is 0.146 e. The number of hydrogen-bond donors (Lipinski definition) is 0. The van der Waals surface area contributed by atoms with E-state index in [0.717, 1.165) is 25.9 Å². The molecule has 2 heteroatoms. The Hall–Kier alpha value is -0.340. The van der Waals surface area contributed by atoms with Crippen LogP contribution in [-0.4, -0.2) is 20.5 Å². The van der Waals surface area contributed by atoms with Crippen molar-refractivity contribution in [1.29, 1.82) is 0 Å². The Morgan fingerprint density at radius 1 is 1.40 bits per heavy atom. The van der Waals surface area contributed by atoms with Gasteiger partial charge in [0.15, 0.2) is 0 Å². The first kappa shape index (κ1) is 9.66. The van der Waals surface area contributed by atoms with Crippen molar-refractivity contribution in [1.82, 2.24) is 0 Å². The lowest BCUT2D eigenvalue weighted by molar-refractivity contribution is -0.0314. The fourth-order valence-corrected chi connectivity index (χ4v) is 0.635. The van der Waals surface area contributed by atoms with Gasteiger partial charge in [-0.2, -0.15) is 0 Å². The van der Waals surface area contributed by atoms with E-state index in [9.17, 15) is 0 Å². The van der Waals surface area contributed by atoms with Crippen molar-refractivity contribution in [3.05, 3.63) is 12.7 Å². The zero-order chi connectivity index (χ0) is 7.66. The van der Waals surface area contributed by atoms with Crippen LogP contribution in [0.5, 0.6) is 0 Å². The highest BCUT2D eigenvalue weighted by atomic mass is 16.7. The molecule has 0 aromatic rings. The third-order valence-electron chi connectivity index (χ3n) is 1.15. The van der Waals surface area contributed by atoms with Gasteiger partial charge in [-0.1, -0.05) is 6.08 Å². The Bertz CT molecular complexity index is 71.7. The summed E-state index contributed by atoms with van der Waals surface area (Å²) < 4.78 is 9.78. The molecule has 0 unspecified atom stereocenters. The molecule has 0 heterocycles. The van der Waals surface area contributed by atoms with Crippen molar-refractivity contribution in [3.63, 3.8) is 0 Å². The van der Waals surface area contributed by atoms with Gasteiger partial charge in [-0.05, 0) is 19.3 Å². The maximum absolute atomic E-state index is 5.07. The predicted octanol–water partition coefficient (Wildman–Crippen LogP) is 1.96. The van der Waals surface area contributed by atoms with Gasteiger partial charge in [-0.25, -0.2) is 0 Å². The molecule has 0 radical (unpaired) electrons. The Labute approximate surface area is 62.8 Å². The largest absolute Gasteiger partial charge is 0.359 e. The Morgan fingerprint density at radius 3 is 2.80 bits per heavy atom. The van der Waals surface area contributed by atoms with Crippen LogP contribution in [0.3, 0.4) is 0 Å². The van der Waals surface area contributed by atoms with E-state index < -0.39 is 0 Å². The zero-order valence-electron chi connectivity index (χ0n) is 6.64. The highest BCUT2D eigenvalue weighted by Gasteiger charge is 1.85. The molecule has 60 valence electrons. The molecule has 0 fully saturated rings. The fourth-order valence-electron chi connectivity index (χ4n) is 0.635. The van der Waals surface area contributed by atoms with E-state index in [1.165, 1.54) is 0 Å². The standard InChI is InChI=1S/C8H16O2/c1-3-4-5-6-7-10-8-9-2/h3H,1,4-8H2,2H3. The number of allylic oxidation sites excluding steroid dienone is 1. The molecular weight excluding hydrogens is 128 g/mol. The van der Waals surface area contributed by atoms with Crippen LogP contribution in [0.15, 0.2) is 12.7 Å². The number of rotatable bonds is 7. The third-order valence-corrected chi connectivity index (χ3v) is 1.15. The van der Waals surface area contributed by atoms with Crippen LogP contribution in [-0.2, 0) is 9.47 Å². The van der Waals surface area contributed by atoms with Gasteiger partial charge in [0, 0.05) is 13.7 Å². The van der Waals surface area contributed by atoms with Gasteiger partial charge < -0.3 is 9.47 Å². The van der Waals surface area contributed by atoms with Crippen molar-refractivity contribution >= 4 is 0 Å². The minimum Gasteiger partial charge on any atom is -0.359 e. The summed E-state index contributed by atoms with van der Waals surface area (Å²) in [5.41, 5.74) is 0. The summed E-state index contributed by atoms with van der Waals surface area (Å²) in [6, 6.07) is 0. The van der Waals surface area contributed by atoms with E-state index in [4.69, 9.17) is 9.47 Å². The quantitative estimate of drug-likeness (QED) is 0.309. The van der Waals surface area contributed by atoms with Crippen molar-refractivity contribution in [2.24, 2.45) is 0 Å². The SMILES string of the molecule is C=CCCCCOCOC. The van der Waals surface area contributed by atoms with Gasteiger partial charge in [0.1, 0.15) is 6.79 Å². The maximum Gasteiger partial charge on any atom is 0.146 e. The lowest BCUT2D eigenvalue weighted by atomic mass is 10.2. The summed E-state index contributed by atoms with van der Waals surface area (Å²) in [5, 5.41) is 0. The molecule has 0 aromatic heterocycles. The first-order valence-electron chi connectivity index (χ1n) is 3.59. The minimum absolute atomic E-state index is 0.411. The molecule has 0 saturated carbocycles. The Morgan fingerprint density at radius 2 is 2.20 bits per heavy atom. The van der Waals surface area contributed by atoms with Crippen LogP contribution in [0.2, 0.25) is 0 Å². The highest BCUT2D eigenvalue weighted by molar-refractivity contribution is 4.64. The summed E-state index contributed by atoms with van der Waals surface area (Å²) in [4.78, 5) is 0. The number of ether oxygens (including phenoxy) is 2. The molecule has 2 nitrogen and oxygen atoms in total. The lowest BCUT2D eigenvalue weighted by Crippen LogP contribution is -1.97. The summed E-state index contributed by atoms with van der Waals surface area (Å²) >= 11 is 0. The Balaban J connectivity index is 2.70. The molecule has 0 atom stereocenters. The van der Waals surface area contributed by atoms with Crippen molar-refractivity contribution < 1.29 is 9.47 Å². The minimum atomic E-state index is 0.411. The van der Waals surface area contributed by atoms with E-state index in [-0.39, 0.29) is 0 Å². The molecule has 0 amide bonds. The van der Waals surface area contributed by atoms with Gasteiger partial charge in [-0.15, -0.1) is 6.58 Å². The first-order valence-corrected chi connectivity index (χ1v) is 3.59. The van der Waals surface area contributed by atoms with Gasteiger partial charge in [-0.3, -0.25) is 0 Å². The van der Waals surface area contributed by atoms with Crippen LogP contribution >= 0.6 is 0 Å². The molecule has 0 aliphatic rings. The molecule has 0 aliphatic carbocycles. The monoisotopic (exact) mass is 144 g/mol. The number of unbranched alkanes of at least 4 members (excludes halogenated alkanes) is 2. The summed E-state index contributed by atoms with van der Waals surface area (Å²) in [7, 11) is 1.63. The van der Waals surface area contributed by atoms with Crippen molar-refractivity contribution in [3.8, 4) is 0 Å². The lowest BCUT2D eigenvalue weighted by Gasteiger charge is -2.00. The normalized spacial score (nSPS) is 9.70. The summed E-state index contributed by atoms with van der Waals surface area (Å²) in [6.45, 7) is 4.83. The number of hydrogen-bond acceptors (Lipinski definition) is 2. The number of methoxy groups -OCH3 is 1. The van der Waals surface area contributed by atoms with Crippen LogP contribution in [0.25, 0.3) is 0 Å². The molecular formula is C8H16O2. The molecule has 10 heavy (non-hydrogen) atoms. The Kier molecular flexibility index (Phi) is 8.37. The zero-order valence-corrected chi connectivity index (χ0v) is 6.64. The topological polar surface area (TPSA) is 18.5 Å². The highest BCUT2D eigenvalue weighted by Crippen LogP contribution is 1.95. The molecule has 0 aliphatic heterocycles. The van der Waals surface area contributed by atoms with Crippen LogP contribution in [0, 0.1) is 0 Å². The average molecular weight is 144 g/mol. The molecule has 0 N–H and O–H groups in total. The third kappa shape index (κ3) is 7.66. The second kappa shape index (κ2) is 8.66.